The zero-order valence-electron chi connectivity index (χ0n) is 17.6. The molecule has 0 aliphatic heterocycles. The minimum Gasteiger partial charge on any atom is -0.484 e. The summed E-state index contributed by atoms with van der Waals surface area (Å²) in [6.45, 7) is 6.37. The van der Waals surface area contributed by atoms with Gasteiger partial charge >= 0.3 is 0 Å². The van der Waals surface area contributed by atoms with E-state index in [1.807, 2.05) is 31.2 Å². The molecule has 0 bridgehead atoms. The fourth-order valence-corrected chi connectivity index (χ4v) is 3.14. The maximum Gasteiger partial charge on any atom is 0.261 e. The van der Waals surface area contributed by atoms with Crippen LogP contribution in [0.3, 0.4) is 0 Å². The molecule has 0 aliphatic rings. The number of hydrogen-bond acceptors (Lipinski definition) is 3. The van der Waals surface area contributed by atoms with Crippen molar-refractivity contribution in [2.45, 2.75) is 46.2 Å². The largest absolute Gasteiger partial charge is 0.484 e. The normalized spacial score (nSPS) is 11.6. The number of nitrogens with one attached hydrogen (secondary N) is 1. The summed E-state index contributed by atoms with van der Waals surface area (Å²) in [6, 6.07) is 12.0. The molecule has 2 aromatic carbocycles. The Morgan fingerprint density at radius 3 is 2.43 bits per heavy atom. The van der Waals surface area contributed by atoms with E-state index in [0.717, 1.165) is 24.0 Å². The SMILES string of the molecule is CCCCNC(=O)[C@H](C)N(Cc1ccc(Cl)c(Cl)c1)C(=O)COc1ccc(C)cc1. The van der Waals surface area contributed by atoms with Crippen LogP contribution in [0.15, 0.2) is 42.5 Å². The topological polar surface area (TPSA) is 58.6 Å². The van der Waals surface area contributed by atoms with E-state index in [2.05, 4.69) is 12.2 Å². The molecule has 0 fully saturated rings. The van der Waals surface area contributed by atoms with Crippen molar-refractivity contribution in [2.24, 2.45) is 0 Å². The summed E-state index contributed by atoms with van der Waals surface area (Å²) < 4.78 is 5.64. The van der Waals surface area contributed by atoms with Gasteiger partial charge in [0.15, 0.2) is 6.61 Å². The zero-order chi connectivity index (χ0) is 22.1. The first-order chi connectivity index (χ1) is 14.3. The van der Waals surface area contributed by atoms with Crippen LogP contribution in [0, 0.1) is 6.92 Å². The average molecular weight is 451 g/mol. The van der Waals surface area contributed by atoms with Crippen molar-refractivity contribution in [1.82, 2.24) is 10.2 Å². The van der Waals surface area contributed by atoms with Crippen LogP contribution < -0.4 is 10.1 Å². The van der Waals surface area contributed by atoms with Crippen molar-refractivity contribution in [3.63, 3.8) is 0 Å². The molecule has 0 unspecified atom stereocenters. The molecule has 0 saturated carbocycles. The van der Waals surface area contributed by atoms with Crippen molar-refractivity contribution in [3.05, 3.63) is 63.6 Å². The summed E-state index contributed by atoms with van der Waals surface area (Å²) in [5, 5.41) is 3.72. The van der Waals surface area contributed by atoms with Gasteiger partial charge in [-0.3, -0.25) is 9.59 Å². The lowest BCUT2D eigenvalue weighted by atomic mass is 10.1. The number of hydrogen-bond donors (Lipinski definition) is 1. The van der Waals surface area contributed by atoms with E-state index < -0.39 is 6.04 Å². The summed E-state index contributed by atoms with van der Waals surface area (Å²) in [4.78, 5) is 27.1. The van der Waals surface area contributed by atoms with E-state index in [-0.39, 0.29) is 25.0 Å². The highest BCUT2D eigenvalue weighted by molar-refractivity contribution is 6.42. The number of amides is 2. The van der Waals surface area contributed by atoms with E-state index in [1.54, 1.807) is 25.1 Å². The predicted octanol–water partition coefficient (Wildman–Crippen LogP) is 5.01. The van der Waals surface area contributed by atoms with Crippen LogP contribution in [0.4, 0.5) is 0 Å². The van der Waals surface area contributed by atoms with E-state index in [0.29, 0.717) is 22.3 Å². The molecule has 2 amide bonds. The van der Waals surface area contributed by atoms with Crippen LogP contribution in [0.1, 0.15) is 37.8 Å². The molecule has 0 aliphatic carbocycles. The third-order valence-electron chi connectivity index (χ3n) is 4.72. The fourth-order valence-electron chi connectivity index (χ4n) is 2.82. The van der Waals surface area contributed by atoms with Gasteiger partial charge in [-0.25, -0.2) is 0 Å². The van der Waals surface area contributed by atoms with Gasteiger partial charge in [-0.1, -0.05) is 60.3 Å². The summed E-state index contributed by atoms with van der Waals surface area (Å²) in [5.41, 5.74) is 1.88. The number of unbranched alkanes of at least 4 members (excludes halogenated alkanes) is 1. The van der Waals surface area contributed by atoms with E-state index in [1.165, 1.54) is 4.90 Å². The lowest BCUT2D eigenvalue weighted by molar-refractivity contribution is -0.142. The molecule has 1 atom stereocenters. The monoisotopic (exact) mass is 450 g/mol. The first-order valence-electron chi connectivity index (χ1n) is 10.0. The van der Waals surface area contributed by atoms with Gasteiger partial charge in [0.25, 0.3) is 5.91 Å². The van der Waals surface area contributed by atoms with E-state index >= 15 is 0 Å². The highest BCUT2D eigenvalue weighted by Crippen LogP contribution is 2.24. The van der Waals surface area contributed by atoms with Crippen molar-refractivity contribution >= 4 is 35.0 Å². The Morgan fingerprint density at radius 2 is 1.80 bits per heavy atom. The number of rotatable bonds is 10. The van der Waals surface area contributed by atoms with Crippen LogP contribution in [0.2, 0.25) is 10.0 Å². The number of carbonyl (C=O) groups excluding carboxylic acids is 2. The van der Waals surface area contributed by atoms with Gasteiger partial charge in [-0.15, -0.1) is 0 Å². The van der Waals surface area contributed by atoms with E-state index in [9.17, 15) is 9.59 Å². The summed E-state index contributed by atoms with van der Waals surface area (Å²) >= 11 is 12.1. The van der Waals surface area contributed by atoms with Gasteiger partial charge in [0.2, 0.25) is 5.91 Å². The molecule has 7 heteroatoms. The van der Waals surface area contributed by atoms with Gasteiger partial charge in [0.05, 0.1) is 10.0 Å². The Balaban J connectivity index is 2.13. The Bertz CT molecular complexity index is 856. The van der Waals surface area contributed by atoms with Crippen molar-refractivity contribution in [2.75, 3.05) is 13.2 Å². The number of aryl methyl sites for hydroxylation is 1. The van der Waals surface area contributed by atoms with Gasteiger partial charge < -0.3 is 15.0 Å². The van der Waals surface area contributed by atoms with Crippen molar-refractivity contribution in [3.8, 4) is 5.75 Å². The maximum atomic E-state index is 13.0. The first-order valence-corrected chi connectivity index (χ1v) is 10.8. The minimum atomic E-state index is -0.662. The molecule has 30 heavy (non-hydrogen) atoms. The van der Waals surface area contributed by atoms with Gasteiger partial charge in [-0.05, 0) is 50.1 Å². The van der Waals surface area contributed by atoms with Crippen LogP contribution >= 0.6 is 23.2 Å². The van der Waals surface area contributed by atoms with Crippen LogP contribution in [-0.2, 0) is 16.1 Å². The highest BCUT2D eigenvalue weighted by atomic mass is 35.5. The molecule has 0 radical (unpaired) electrons. The molecular formula is C23H28Cl2N2O3. The fraction of sp³-hybridized carbons (Fsp3) is 0.391. The second-order valence-corrected chi connectivity index (χ2v) is 8.01. The lowest BCUT2D eigenvalue weighted by Crippen LogP contribution is -2.49. The number of ether oxygens (including phenoxy) is 1. The molecule has 5 nitrogen and oxygen atoms in total. The minimum absolute atomic E-state index is 0.170. The molecule has 2 rings (SSSR count). The molecule has 2 aromatic rings. The standard InChI is InChI=1S/C23H28Cl2N2O3/c1-4-5-12-26-23(29)17(3)27(14-18-8-11-20(24)21(25)13-18)22(28)15-30-19-9-6-16(2)7-10-19/h6-11,13,17H,4-5,12,14-15H2,1-3H3,(H,26,29)/t17-/m0/s1. The summed E-state index contributed by atoms with van der Waals surface area (Å²) in [6.07, 6.45) is 1.86. The van der Waals surface area contributed by atoms with Gasteiger partial charge in [0.1, 0.15) is 11.8 Å². The molecule has 0 aromatic heterocycles. The summed E-state index contributed by atoms with van der Waals surface area (Å²) in [5.74, 6) is 0.107. The van der Waals surface area contributed by atoms with Gasteiger partial charge in [0, 0.05) is 13.1 Å². The zero-order valence-corrected chi connectivity index (χ0v) is 19.1. The molecule has 0 heterocycles. The Hall–Kier alpha value is -2.24. The van der Waals surface area contributed by atoms with Crippen LogP contribution in [-0.4, -0.2) is 35.9 Å². The van der Waals surface area contributed by atoms with Crippen LogP contribution in [0.25, 0.3) is 0 Å². The smallest absolute Gasteiger partial charge is 0.261 e. The number of halogens is 2. The van der Waals surface area contributed by atoms with Crippen molar-refractivity contribution < 1.29 is 14.3 Å². The second kappa shape index (κ2) is 11.8. The molecule has 0 spiro atoms. The third-order valence-corrected chi connectivity index (χ3v) is 5.46. The van der Waals surface area contributed by atoms with Crippen LogP contribution in [0.5, 0.6) is 5.75 Å². The van der Waals surface area contributed by atoms with Crippen molar-refractivity contribution in [1.29, 1.82) is 0 Å². The number of carbonyl (C=O) groups is 2. The Kier molecular flexibility index (Phi) is 9.47. The Morgan fingerprint density at radius 1 is 1.10 bits per heavy atom. The second-order valence-electron chi connectivity index (χ2n) is 7.19. The molecule has 0 saturated heterocycles. The maximum absolute atomic E-state index is 13.0. The number of nitrogens with zero attached hydrogens (tertiary/aromatic N) is 1. The highest BCUT2D eigenvalue weighted by Gasteiger charge is 2.26. The molecule has 162 valence electrons. The third kappa shape index (κ3) is 7.22. The first kappa shape index (κ1) is 24.0. The average Bonchev–Trinajstić information content (AvgIpc) is 2.73. The quantitative estimate of drug-likeness (QED) is 0.517. The summed E-state index contributed by atoms with van der Waals surface area (Å²) in [7, 11) is 0. The number of benzene rings is 2. The molecule has 1 N–H and O–H groups in total. The Labute approximate surface area is 188 Å². The van der Waals surface area contributed by atoms with E-state index in [4.69, 9.17) is 27.9 Å². The lowest BCUT2D eigenvalue weighted by Gasteiger charge is -2.29. The molecular weight excluding hydrogens is 423 g/mol. The van der Waals surface area contributed by atoms with Gasteiger partial charge in [-0.2, -0.15) is 0 Å². The predicted molar refractivity (Wildman–Crippen MR) is 121 cm³/mol.